The summed E-state index contributed by atoms with van der Waals surface area (Å²) in [5.74, 6) is 3.11. The second kappa shape index (κ2) is 29.7. The summed E-state index contributed by atoms with van der Waals surface area (Å²) in [6.07, 6.45) is 6.49. The number of hydrogen-bond acceptors (Lipinski definition) is 14. The first kappa shape index (κ1) is 55.5. The van der Waals surface area contributed by atoms with E-state index in [1.807, 2.05) is 43.3 Å². The number of β-amino-alcohol motifs (C(OH)–C–C–N with tert-alkyl or cyclic N) is 4. The van der Waals surface area contributed by atoms with Crippen LogP contribution in [0.1, 0.15) is 62.5 Å². The fraction of sp³-hybridized carbons (Fsp3) is 0.556. The van der Waals surface area contributed by atoms with Crippen LogP contribution in [-0.2, 0) is 0 Å². The molecule has 4 fully saturated rings. The van der Waals surface area contributed by atoms with Crippen LogP contribution in [0.3, 0.4) is 0 Å². The van der Waals surface area contributed by atoms with Crippen molar-refractivity contribution in [1.29, 1.82) is 0 Å². The minimum Gasteiger partial charge on any atom is -0.490 e. The summed E-state index contributed by atoms with van der Waals surface area (Å²) in [6, 6.07) is 27.6. The van der Waals surface area contributed by atoms with Crippen LogP contribution in [0, 0.1) is 13.8 Å². The topological polar surface area (TPSA) is 171 Å². The van der Waals surface area contributed by atoms with Crippen molar-refractivity contribution in [2.24, 2.45) is 0 Å². The average Bonchev–Trinajstić information content (AvgIpc) is 4.17. The number of aliphatic hydroxyl groups excluding tert-OH is 4. The molecule has 4 aromatic carbocycles. The molecule has 8 rings (SSSR count). The largest absolute Gasteiger partial charge is 0.490 e. The molecule has 0 amide bonds. The maximum Gasteiger partial charge on any atom is 0.488 e. The minimum atomic E-state index is -1.35. The van der Waals surface area contributed by atoms with Crippen molar-refractivity contribution in [3.63, 3.8) is 0 Å². The lowest BCUT2D eigenvalue weighted by molar-refractivity contribution is 0.171. The summed E-state index contributed by atoms with van der Waals surface area (Å²) in [5, 5.41) is 56.1. The van der Waals surface area contributed by atoms with Gasteiger partial charge in [-0.2, -0.15) is 0 Å². The molecular formula is C54H78BBrN4O10. The summed E-state index contributed by atoms with van der Waals surface area (Å²) in [4.78, 5) is 9.15. The van der Waals surface area contributed by atoms with E-state index in [1.54, 1.807) is 12.1 Å². The molecule has 14 nitrogen and oxygen atoms in total. The van der Waals surface area contributed by atoms with E-state index in [0.717, 1.165) is 169 Å². The van der Waals surface area contributed by atoms with Gasteiger partial charge >= 0.3 is 7.12 Å². The third kappa shape index (κ3) is 19.0. The first-order chi connectivity index (χ1) is 33.9. The van der Waals surface area contributed by atoms with Crippen LogP contribution in [0.4, 0.5) is 0 Å². The second-order valence-electron chi connectivity index (χ2n) is 19.1. The molecule has 4 aliphatic rings. The predicted octanol–water partition coefficient (Wildman–Crippen LogP) is 5.13. The van der Waals surface area contributed by atoms with Crippen molar-refractivity contribution in [2.75, 3.05) is 105 Å². The van der Waals surface area contributed by atoms with Crippen LogP contribution in [0.2, 0.25) is 0 Å². The van der Waals surface area contributed by atoms with E-state index in [4.69, 9.17) is 29.0 Å². The molecule has 4 aromatic rings. The van der Waals surface area contributed by atoms with Crippen molar-refractivity contribution >= 4 is 28.5 Å². The van der Waals surface area contributed by atoms with E-state index in [9.17, 15) is 20.4 Å². The molecule has 4 aliphatic heterocycles. The lowest BCUT2D eigenvalue weighted by atomic mass is 9.77. The summed E-state index contributed by atoms with van der Waals surface area (Å²) in [6.45, 7) is 17.2. The van der Waals surface area contributed by atoms with E-state index < -0.39 is 7.12 Å². The van der Waals surface area contributed by atoms with Gasteiger partial charge in [0.1, 0.15) is 0 Å². The first-order valence-corrected chi connectivity index (χ1v) is 26.2. The van der Waals surface area contributed by atoms with E-state index in [1.165, 1.54) is 11.1 Å². The highest BCUT2D eigenvalue weighted by Gasteiger charge is 2.23. The van der Waals surface area contributed by atoms with E-state index in [-0.39, 0.29) is 24.4 Å². The monoisotopic (exact) mass is 1030 g/mol. The van der Waals surface area contributed by atoms with Gasteiger partial charge in [0.05, 0.1) is 50.8 Å². The van der Waals surface area contributed by atoms with Crippen LogP contribution in [0.5, 0.6) is 23.0 Å². The number of hydrogen-bond donors (Lipinski definition) is 6. The number of aryl methyl sites for hydroxylation is 2. The Labute approximate surface area is 425 Å². The zero-order valence-electron chi connectivity index (χ0n) is 41.4. The lowest BCUT2D eigenvalue weighted by Gasteiger charge is -2.18. The van der Waals surface area contributed by atoms with E-state index in [2.05, 4.69) is 78.9 Å². The van der Waals surface area contributed by atoms with Gasteiger partial charge in [0.2, 0.25) is 0 Å². The van der Waals surface area contributed by atoms with Crippen LogP contribution in [0.25, 0.3) is 11.1 Å². The molecule has 16 heteroatoms. The van der Waals surface area contributed by atoms with Gasteiger partial charge in [-0.15, -0.1) is 0 Å². The Morgan fingerprint density at radius 1 is 0.486 bits per heavy atom. The highest BCUT2D eigenvalue weighted by Crippen LogP contribution is 2.35. The SMILES string of the molecule is Cc1ccccc1-c1ccc(OCCCN2CC[C@H](O)C2)c(OCCCN2CC[C@H](O)C2)c1.Cc1ccccc1B(O)O.O[C@@H]1CCN(CCCOc2ccc(Br)cc2OCCCN2CC[C@@H](O)C2)C1. The van der Waals surface area contributed by atoms with Crippen LogP contribution >= 0.6 is 15.9 Å². The molecule has 0 aliphatic carbocycles. The molecule has 384 valence electrons. The maximum absolute atomic E-state index is 9.71. The molecule has 70 heavy (non-hydrogen) atoms. The average molecular weight is 1030 g/mol. The Morgan fingerprint density at radius 3 is 1.26 bits per heavy atom. The Bertz CT molecular complexity index is 2140. The molecule has 0 spiro atoms. The maximum atomic E-state index is 9.71. The third-order valence-corrected chi connectivity index (χ3v) is 13.8. The van der Waals surface area contributed by atoms with Crippen molar-refractivity contribution < 1.29 is 49.4 Å². The number of rotatable bonds is 22. The first-order valence-electron chi connectivity index (χ1n) is 25.4. The van der Waals surface area contributed by atoms with Gasteiger partial charge in [0.15, 0.2) is 23.0 Å². The Balaban J connectivity index is 0.000000194. The van der Waals surface area contributed by atoms with Crippen LogP contribution in [-0.4, -0.2) is 187 Å². The van der Waals surface area contributed by atoms with Gasteiger partial charge < -0.3 is 69.0 Å². The van der Waals surface area contributed by atoms with Gasteiger partial charge in [0, 0.05) is 83.0 Å². The summed E-state index contributed by atoms with van der Waals surface area (Å²) in [7, 11) is -1.35. The fourth-order valence-corrected chi connectivity index (χ4v) is 9.68. The Morgan fingerprint density at radius 2 is 0.871 bits per heavy atom. The molecule has 0 bridgehead atoms. The highest BCUT2D eigenvalue weighted by atomic mass is 79.9. The number of benzene rings is 4. The van der Waals surface area contributed by atoms with Crippen LogP contribution in [0.15, 0.2) is 89.4 Å². The molecule has 4 saturated heterocycles. The Kier molecular flexibility index (Phi) is 23.5. The molecule has 0 radical (unpaired) electrons. The fourth-order valence-electron chi connectivity index (χ4n) is 9.34. The third-order valence-electron chi connectivity index (χ3n) is 13.3. The molecule has 0 saturated carbocycles. The van der Waals surface area contributed by atoms with Gasteiger partial charge in [-0.05, 0) is 118 Å². The lowest BCUT2D eigenvalue weighted by Crippen LogP contribution is -2.31. The van der Waals surface area contributed by atoms with Gasteiger partial charge in [-0.3, -0.25) is 0 Å². The zero-order valence-corrected chi connectivity index (χ0v) is 43.0. The van der Waals surface area contributed by atoms with E-state index in [0.29, 0.717) is 31.9 Å². The molecule has 0 aromatic heterocycles. The number of halogens is 1. The number of ether oxygens (including phenoxy) is 4. The second-order valence-corrected chi connectivity index (χ2v) is 20.0. The number of aliphatic hydroxyl groups is 4. The standard InChI is InChI=1S/C27H38N2O4.C20H31BrN2O4.C7H9BO2/c1-21-6-2-3-7-25(21)22-8-9-26(32-16-4-12-28-14-10-23(30)19-28)27(18-22)33-17-5-13-29-15-11-24(31)20-29;21-16-3-4-19(26-11-1-7-22-9-5-17(24)14-22)20(13-16)27-12-2-8-23-10-6-18(25)15-23;1-6-4-2-3-5-7(6)8(9)10/h2-3,6-9,18,23-24,30-31H,4-5,10-17,19-20H2,1H3;3-4,13,17-18,24-25H,1-2,5-12,14-15H2;2-5,9-10H,1H3/t23-,24-;17-,18-;/m01./s1. The molecule has 6 N–H and O–H groups in total. The van der Waals surface area contributed by atoms with Crippen molar-refractivity contribution in [2.45, 2.75) is 89.6 Å². The quantitative estimate of drug-likeness (QED) is 0.0453. The predicted molar refractivity (Wildman–Crippen MR) is 280 cm³/mol. The number of nitrogens with zero attached hydrogens (tertiary/aromatic N) is 4. The molecular weight excluding hydrogens is 955 g/mol. The molecule has 4 heterocycles. The molecule has 0 unspecified atom stereocenters. The summed E-state index contributed by atoms with van der Waals surface area (Å²) < 4.78 is 25.2. The van der Waals surface area contributed by atoms with Crippen LogP contribution < -0.4 is 24.4 Å². The highest BCUT2D eigenvalue weighted by molar-refractivity contribution is 9.10. The van der Waals surface area contributed by atoms with Gasteiger partial charge in [0.25, 0.3) is 0 Å². The minimum absolute atomic E-state index is 0.166. The Hall–Kier alpha value is -3.78. The summed E-state index contributed by atoms with van der Waals surface area (Å²) in [5.41, 5.74) is 5.04. The zero-order chi connectivity index (χ0) is 49.7. The van der Waals surface area contributed by atoms with Crippen molar-refractivity contribution in [3.8, 4) is 34.1 Å². The smallest absolute Gasteiger partial charge is 0.488 e. The van der Waals surface area contributed by atoms with Gasteiger partial charge in [-0.25, -0.2) is 0 Å². The van der Waals surface area contributed by atoms with E-state index >= 15 is 0 Å². The van der Waals surface area contributed by atoms with Gasteiger partial charge in [-0.1, -0.05) is 76.1 Å². The molecule has 4 atom stereocenters. The van der Waals surface area contributed by atoms with Crippen molar-refractivity contribution in [1.82, 2.24) is 19.6 Å². The summed E-state index contributed by atoms with van der Waals surface area (Å²) >= 11 is 3.50. The number of likely N-dealkylation sites (tertiary alicyclic amines) is 4. The van der Waals surface area contributed by atoms with Crippen molar-refractivity contribution in [3.05, 3.63) is 101 Å². The normalized spacial score (nSPS) is 20.7.